The molecule has 0 saturated carbocycles. The number of hydrogen-bond acceptors (Lipinski definition) is 8. The molecule has 0 aliphatic heterocycles. The lowest BCUT2D eigenvalue weighted by molar-refractivity contribution is -0.146. The van der Waals surface area contributed by atoms with Crippen LogP contribution in [0.4, 0.5) is 0 Å². The van der Waals surface area contributed by atoms with Crippen molar-refractivity contribution in [3.63, 3.8) is 0 Å². The van der Waals surface area contributed by atoms with Crippen LogP contribution in [-0.4, -0.2) is 50.3 Å². The second-order valence-corrected chi connectivity index (χ2v) is 13.0. The van der Waals surface area contributed by atoms with Gasteiger partial charge in [-0.1, -0.05) is 130 Å². The lowest BCUT2D eigenvalue weighted by Gasteiger charge is -2.06. The van der Waals surface area contributed by atoms with E-state index in [4.69, 9.17) is 18.9 Å². The Morgan fingerprint density at radius 1 is 0.271 bits per heavy atom. The highest BCUT2D eigenvalue weighted by Crippen LogP contribution is 2.11. The highest BCUT2D eigenvalue weighted by Gasteiger charge is 2.07. The molecule has 0 aromatic rings. The van der Waals surface area contributed by atoms with Gasteiger partial charge in [-0.2, -0.15) is 0 Å². The second kappa shape index (κ2) is 41.1. The van der Waals surface area contributed by atoms with Crippen LogP contribution in [0.1, 0.15) is 207 Å². The van der Waals surface area contributed by atoms with Crippen LogP contribution in [0.25, 0.3) is 0 Å². The van der Waals surface area contributed by atoms with E-state index in [1.54, 1.807) is 0 Å². The van der Waals surface area contributed by atoms with E-state index < -0.39 is 0 Å². The molecule has 8 heteroatoms. The summed E-state index contributed by atoms with van der Waals surface area (Å²) in [6.07, 6.45) is 27.7. The minimum absolute atomic E-state index is 0.0664. The summed E-state index contributed by atoms with van der Waals surface area (Å²) in [6.45, 7) is 10.8. The predicted molar refractivity (Wildman–Crippen MR) is 196 cm³/mol. The lowest BCUT2D eigenvalue weighted by atomic mass is 10.1. The van der Waals surface area contributed by atoms with Crippen molar-refractivity contribution in [1.82, 2.24) is 0 Å². The largest absolute Gasteiger partial charge is 0.466 e. The van der Waals surface area contributed by atoms with Crippen LogP contribution in [-0.2, 0) is 38.1 Å². The fraction of sp³-hybridized carbons (Fsp3) is 0.900. The molecule has 0 N–H and O–H groups in total. The minimum Gasteiger partial charge on any atom is -0.466 e. The van der Waals surface area contributed by atoms with Crippen LogP contribution in [0, 0.1) is 0 Å². The summed E-state index contributed by atoms with van der Waals surface area (Å²) in [5.74, 6) is -0.412. The van der Waals surface area contributed by atoms with E-state index in [-0.39, 0.29) is 23.9 Å². The van der Waals surface area contributed by atoms with Gasteiger partial charge in [-0.3, -0.25) is 19.2 Å². The number of unbranched alkanes of at least 4 members (excludes halogenated alkanes) is 18. The Kier molecular flexibility index (Phi) is 41.0. The van der Waals surface area contributed by atoms with Gasteiger partial charge in [0.2, 0.25) is 0 Å². The topological polar surface area (TPSA) is 105 Å². The quantitative estimate of drug-likeness (QED) is 0.0374. The van der Waals surface area contributed by atoms with E-state index >= 15 is 0 Å². The summed E-state index contributed by atoms with van der Waals surface area (Å²) in [5, 5.41) is 0. The fourth-order valence-corrected chi connectivity index (χ4v) is 4.87. The van der Waals surface area contributed by atoms with Gasteiger partial charge in [-0.15, -0.1) is 0 Å². The molecule has 0 aliphatic carbocycles. The number of rotatable bonds is 34. The van der Waals surface area contributed by atoms with Gasteiger partial charge in [0.05, 0.1) is 26.4 Å². The van der Waals surface area contributed by atoms with Gasteiger partial charge in [0.25, 0.3) is 0 Å². The molecule has 0 heterocycles. The van der Waals surface area contributed by atoms with E-state index in [0.717, 1.165) is 89.9 Å². The minimum atomic E-state index is -0.140. The first kappa shape index (κ1) is 48.0. The van der Waals surface area contributed by atoms with Gasteiger partial charge in [0.1, 0.15) is 0 Å². The van der Waals surface area contributed by atoms with E-state index in [1.807, 2.05) is 0 Å². The smallest absolute Gasteiger partial charge is 0.305 e. The summed E-state index contributed by atoms with van der Waals surface area (Å²) in [6, 6.07) is 0. The molecule has 0 unspecified atom stereocenters. The van der Waals surface area contributed by atoms with Crippen LogP contribution in [0.5, 0.6) is 0 Å². The van der Waals surface area contributed by atoms with Crippen molar-refractivity contribution in [3.05, 3.63) is 0 Å². The zero-order valence-corrected chi connectivity index (χ0v) is 31.9. The van der Waals surface area contributed by atoms with E-state index in [9.17, 15) is 19.2 Å². The molecule has 0 aliphatic rings. The highest BCUT2D eigenvalue weighted by atomic mass is 16.5. The first-order valence-corrected chi connectivity index (χ1v) is 20.0. The Bertz CT molecular complexity index is 664. The number of hydrogen-bond donors (Lipinski definition) is 0. The maximum atomic E-state index is 11.6. The molecular weight excluding hydrogens is 608 g/mol. The van der Waals surface area contributed by atoms with E-state index in [0.29, 0.717) is 65.0 Å². The first-order chi connectivity index (χ1) is 23.4. The van der Waals surface area contributed by atoms with Gasteiger partial charge in [0.15, 0.2) is 0 Å². The van der Waals surface area contributed by atoms with Crippen molar-refractivity contribution in [2.24, 2.45) is 0 Å². The zero-order chi connectivity index (χ0) is 35.8. The third kappa shape index (κ3) is 41.9. The normalized spacial score (nSPS) is 10.6. The maximum Gasteiger partial charge on any atom is 0.305 e. The number of esters is 4. The summed E-state index contributed by atoms with van der Waals surface area (Å²) < 4.78 is 20.6. The maximum absolute atomic E-state index is 11.6. The lowest BCUT2D eigenvalue weighted by Crippen LogP contribution is -2.08. The Labute approximate surface area is 295 Å². The van der Waals surface area contributed by atoms with E-state index in [2.05, 4.69) is 27.7 Å². The molecule has 284 valence electrons. The molecule has 0 rings (SSSR count). The third-order valence-electron chi connectivity index (χ3n) is 8.07. The zero-order valence-electron chi connectivity index (χ0n) is 31.9. The average Bonchev–Trinajstić information content (AvgIpc) is 3.07. The molecule has 0 spiro atoms. The van der Waals surface area contributed by atoms with Gasteiger partial charge in [0, 0.05) is 25.7 Å². The third-order valence-corrected chi connectivity index (χ3v) is 8.07. The molecule has 0 aromatic heterocycles. The summed E-state index contributed by atoms with van der Waals surface area (Å²) >= 11 is 0. The van der Waals surface area contributed by atoms with Gasteiger partial charge < -0.3 is 18.9 Å². The van der Waals surface area contributed by atoms with Crippen LogP contribution in [0.3, 0.4) is 0 Å². The van der Waals surface area contributed by atoms with Crippen LogP contribution in [0.2, 0.25) is 0 Å². The predicted octanol–water partition coefficient (Wildman–Crippen LogP) is 11.1. The molecule has 0 saturated heterocycles. The standard InChI is InChI=1S/C22H42O4.C18H34O4/c1-3-5-7-9-11-15-19-25-21(23)17-13-14-18-22(24)26-20-16-12-10-8-6-4-2;1-3-5-15-21-17(19)13-11-9-7-8-10-12-14-18(20)22-16-6-4-2/h3-20H2,1-2H3;3-16H2,1-2H3. The number of ether oxygens (including phenoxy) is 4. The number of carbonyl (C=O) groups is 4. The molecule has 8 nitrogen and oxygen atoms in total. The monoisotopic (exact) mass is 685 g/mol. The summed E-state index contributed by atoms with van der Waals surface area (Å²) in [4.78, 5) is 45.9. The summed E-state index contributed by atoms with van der Waals surface area (Å²) in [5.41, 5.74) is 0. The molecule has 0 bridgehead atoms. The van der Waals surface area contributed by atoms with Crippen molar-refractivity contribution in [3.8, 4) is 0 Å². The van der Waals surface area contributed by atoms with Crippen LogP contribution < -0.4 is 0 Å². The van der Waals surface area contributed by atoms with Crippen molar-refractivity contribution >= 4 is 23.9 Å². The first-order valence-electron chi connectivity index (χ1n) is 20.0. The van der Waals surface area contributed by atoms with Crippen molar-refractivity contribution in [1.29, 1.82) is 0 Å². The molecule has 0 amide bonds. The Hall–Kier alpha value is -2.12. The molecule has 48 heavy (non-hydrogen) atoms. The van der Waals surface area contributed by atoms with Crippen molar-refractivity contribution in [2.75, 3.05) is 26.4 Å². The molecule has 0 radical (unpaired) electrons. The van der Waals surface area contributed by atoms with Crippen molar-refractivity contribution < 1.29 is 38.1 Å². The second-order valence-electron chi connectivity index (χ2n) is 13.0. The molecule has 0 aromatic carbocycles. The molecule has 0 atom stereocenters. The van der Waals surface area contributed by atoms with Gasteiger partial charge in [-0.05, 0) is 51.4 Å². The SMILES string of the molecule is CCCCCCCCOC(=O)CCCCC(=O)OCCCCCCCC.CCCCOC(=O)CCCCCCCCC(=O)OCCCC. The van der Waals surface area contributed by atoms with Gasteiger partial charge >= 0.3 is 23.9 Å². The van der Waals surface area contributed by atoms with Gasteiger partial charge in [-0.25, -0.2) is 0 Å². The van der Waals surface area contributed by atoms with Crippen LogP contribution >= 0.6 is 0 Å². The Balaban J connectivity index is 0. The molecular formula is C40H76O8. The number of carbonyl (C=O) groups excluding carboxylic acids is 4. The van der Waals surface area contributed by atoms with Crippen molar-refractivity contribution in [2.45, 2.75) is 207 Å². The summed E-state index contributed by atoms with van der Waals surface area (Å²) in [7, 11) is 0. The highest BCUT2D eigenvalue weighted by molar-refractivity contribution is 5.70. The fourth-order valence-electron chi connectivity index (χ4n) is 4.87. The van der Waals surface area contributed by atoms with E-state index in [1.165, 1.54) is 51.4 Å². The van der Waals surface area contributed by atoms with Crippen LogP contribution in [0.15, 0.2) is 0 Å². The molecule has 0 fully saturated rings. The average molecular weight is 685 g/mol. The Morgan fingerprint density at radius 2 is 0.479 bits per heavy atom. The Morgan fingerprint density at radius 3 is 0.771 bits per heavy atom.